The maximum Gasteiger partial charge on any atom is 0.312 e. The average Bonchev–Trinajstić information content (AvgIpc) is 2.90. The number of carbonyl (C=O) groups is 2. The number of ether oxygens (including phenoxy) is 1. The summed E-state index contributed by atoms with van der Waals surface area (Å²) in [5.41, 5.74) is 6.55. The van der Waals surface area contributed by atoms with Gasteiger partial charge in [0.25, 0.3) is 0 Å². The van der Waals surface area contributed by atoms with Crippen molar-refractivity contribution in [2.24, 2.45) is 5.92 Å². The van der Waals surface area contributed by atoms with Gasteiger partial charge in [0.1, 0.15) is 0 Å². The van der Waals surface area contributed by atoms with Crippen LogP contribution < -0.4 is 10.9 Å². The van der Waals surface area contributed by atoms with E-state index in [0.717, 1.165) is 0 Å². The molecule has 7 heteroatoms. The molecular weight excluding hydrogens is 278 g/mol. The average molecular weight is 295 g/mol. The molecule has 2 rings (SSSR count). The van der Waals surface area contributed by atoms with E-state index in [0.29, 0.717) is 35.7 Å². The smallest absolute Gasteiger partial charge is 0.312 e. The van der Waals surface area contributed by atoms with Gasteiger partial charge in [-0.25, -0.2) is 0 Å². The Labute approximate surface area is 122 Å². The van der Waals surface area contributed by atoms with Gasteiger partial charge < -0.3 is 10.1 Å². The molecule has 0 saturated carbocycles. The lowest BCUT2D eigenvalue weighted by Crippen LogP contribution is -2.32. The molecule has 0 radical (unpaired) electrons. The van der Waals surface area contributed by atoms with E-state index in [1.54, 1.807) is 13.0 Å². The summed E-state index contributed by atoms with van der Waals surface area (Å²) in [4.78, 5) is 24.6. The molecule has 108 valence electrons. The van der Waals surface area contributed by atoms with Crippen molar-refractivity contribution in [3.05, 3.63) is 11.6 Å². The molecule has 1 heterocycles. The molecule has 0 amide bonds. The summed E-state index contributed by atoms with van der Waals surface area (Å²) in [6.45, 7) is 2.55. The Morgan fingerprint density at radius 2 is 2.05 bits per heavy atom. The SMILES string of the molecule is CC(OC(=O)C1CNNC1)C(=O)C1=CC(=S)CC(=N)C1. The maximum absolute atomic E-state index is 12.2. The predicted molar refractivity (Wildman–Crippen MR) is 77.7 cm³/mol. The second-order valence-electron chi connectivity index (χ2n) is 5.00. The zero-order valence-corrected chi connectivity index (χ0v) is 12.0. The highest BCUT2D eigenvalue weighted by atomic mass is 32.1. The van der Waals surface area contributed by atoms with Crippen LogP contribution in [0.3, 0.4) is 0 Å². The summed E-state index contributed by atoms with van der Waals surface area (Å²) in [5.74, 6) is -0.938. The Kier molecular flexibility index (Phi) is 4.74. The second kappa shape index (κ2) is 6.34. The summed E-state index contributed by atoms with van der Waals surface area (Å²) in [7, 11) is 0. The first-order valence-corrected chi connectivity index (χ1v) is 6.88. The van der Waals surface area contributed by atoms with E-state index in [-0.39, 0.29) is 18.1 Å². The van der Waals surface area contributed by atoms with E-state index in [4.69, 9.17) is 22.4 Å². The van der Waals surface area contributed by atoms with Gasteiger partial charge in [-0.3, -0.25) is 20.4 Å². The predicted octanol–water partition coefficient (Wildman–Crippen LogP) is 0.321. The van der Waals surface area contributed by atoms with Gasteiger partial charge in [-0.05, 0) is 13.0 Å². The summed E-state index contributed by atoms with van der Waals surface area (Å²) >= 11 is 5.05. The standard InChI is InChI=1S/C13H17N3O3S/c1-7(19-13(18)9-5-15-16-6-9)12(17)8-2-10(14)4-11(20)3-8/h3,7,9,14-16H,2,4-6H2,1H3. The van der Waals surface area contributed by atoms with E-state index in [9.17, 15) is 9.59 Å². The van der Waals surface area contributed by atoms with Crippen LogP contribution in [0.5, 0.6) is 0 Å². The van der Waals surface area contributed by atoms with Gasteiger partial charge in [-0.1, -0.05) is 12.2 Å². The fourth-order valence-corrected chi connectivity index (χ4v) is 2.49. The van der Waals surface area contributed by atoms with E-state index in [2.05, 4.69) is 10.9 Å². The van der Waals surface area contributed by atoms with Crippen molar-refractivity contribution >= 4 is 34.5 Å². The van der Waals surface area contributed by atoms with Gasteiger partial charge in [0.2, 0.25) is 0 Å². The highest BCUT2D eigenvalue weighted by Gasteiger charge is 2.29. The fraction of sp³-hybridized carbons (Fsp3) is 0.538. The minimum absolute atomic E-state index is 0.273. The van der Waals surface area contributed by atoms with Crippen LogP contribution in [-0.2, 0) is 14.3 Å². The Bertz CT molecular complexity index is 495. The van der Waals surface area contributed by atoms with Crippen LogP contribution in [0.15, 0.2) is 11.6 Å². The number of hydrogen-bond acceptors (Lipinski definition) is 7. The topological polar surface area (TPSA) is 91.3 Å². The van der Waals surface area contributed by atoms with Crippen LogP contribution in [0.1, 0.15) is 19.8 Å². The largest absolute Gasteiger partial charge is 0.454 e. The zero-order chi connectivity index (χ0) is 14.7. The number of allylic oxidation sites excluding steroid dienone is 1. The number of nitrogens with one attached hydrogen (secondary N) is 3. The number of hydrazine groups is 1. The summed E-state index contributed by atoms with van der Waals surface area (Å²) < 4.78 is 5.20. The molecule has 1 saturated heterocycles. The monoisotopic (exact) mass is 295 g/mol. The van der Waals surface area contributed by atoms with Gasteiger partial charge >= 0.3 is 5.97 Å². The molecule has 1 aliphatic carbocycles. The molecule has 0 spiro atoms. The van der Waals surface area contributed by atoms with Crippen molar-refractivity contribution in [1.29, 1.82) is 5.41 Å². The molecule has 6 nitrogen and oxygen atoms in total. The molecule has 0 aromatic rings. The lowest BCUT2D eigenvalue weighted by molar-refractivity contribution is -0.156. The number of ketones is 1. The first-order valence-electron chi connectivity index (χ1n) is 6.47. The number of hydrogen-bond donors (Lipinski definition) is 3. The molecule has 1 aliphatic heterocycles. The van der Waals surface area contributed by atoms with Crippen molar-refractivity contribution in [3.63, 3.8) is 0 Å². The van der Waals surface area contributed by atoms with E-state index < -0.39 is 12.1 Å². The highest BCUT2D eigenvalue weighted by Crippen LogP contribution is 2.17. The van der Waals surface area contributed by atoms with Crippen molar-refractivity contribution in [3.8, 4) is 0 Å². The van der Waals surface area contributed by atoms with Crippen LogP contribution in [0.2, 0.25) is 0 Å². The number of carbonyl (C=O) groups excluding carboxylic acids is 2. The van der Waals surface area contributed by atoms with Gasteiger partial charge in [0.05, 0.1) is 5.92 Å². The molecule has 3 N–H and O–H groups in total. The molecule has 0 aromatic heterocycles. The lowest BCUT2D eigenvalue weighted by atomic mass is 9.93. The molecule has 1 fully saturated rings. The first-order chi connectivity index (χ1) is 9.47. The summed E-state index contributed by atoms with van der Waals surface area (Å²) in [5, 5.41) is 7.66. The molecule has 2 aliphatic rings. The maximum atomic E-state index is 12.2. The Balaban J connectivity index is 1.96. The molecule has 0 aromatic carbocycles. The zero-order valence-electron chi connectivity index (χ0n) is 11.2. The molecule has 20 heavy (non-hydrogen) atoms. The number of Topliss-reactive ketones (excluding diaryl/α,β-unsaturated/α-hetero) is 1. The third-order valence-electron chi connectivity index (χ3n) is 3.26. The summed E-state index contributed by atoms with van der Waals surface area (Å²) in [6.07, 6.45) is 1.49. The molecular formula is C13H17N3O3S. The van der Waals surface area contributed by atoms with Gasteiger partial charge in [-0.15, -0.1) is 0 Å². The van der Waals surface area contributed by atoms with Crippen molar-refractivity contribution in [1.82, 2.24) is 10.9 Å². The molecule has 0 bridgehead atoms. The minimum Gasteiger partial charge on any atom is -0.454 e. The normalized spacial score (nSPS) is 21.6. The van der Waals surface area contributed by atoms with Gasteiger partial charge in [-0.2, -0.15) is 0 Å². The third kappa shape index (κ3) is 3.56. The molecule has 1 atom stereocenters. The highest BCUT2D eigenvalue weighted by molar-refractivity contribution is 7.80. The van der Waals surface area contributed by atoms with E-state index in [1.165, 1.54) is 0 Å². The Hall–Kier alpha value is -1.44. The van der Waals surface area contributed by atoms with Crippen LogP contribution in [0, 0.1) is 11.3 Å². The quantitative estimate of drug-likeness (QED) is 0.511. The lowest BCUT2D eigenvalue weighted by Gasteiger charge is -2.19. The summed E-state index contributed by atoms with van der Waals surface area (Å²) in [6, 6.07) is 0. The van der Waals surface area contributed by atoms with Crippen molar-refractivity contribution in [2.75, 3.05) is 13.1 Å². The van der Waals surface area contributed by atoms with Crippen molar-refractivity contribution < 1.29 is 14.3 Å². The Morgan fingerprint density at radius 1 is 1.40 bits per heavy atom. The number of thiocarbonyl (C=S) groups is 1. The minimum atomic E-state index is -0.844. The first kappa shape index (κ1) is 15.0. The van der Waals surface area contributed by atoms with Gasteiger partial charge in [0.15, 0.2) is 11.9 Å². The fourth-order valence-electron chi connectivity index (χ4n) is 2.17. The van der Waals surface area contributed by atoms with Crippen LogP contribution in [-0.4, -0.2) is 41.5 Å². The van der Waals surface area contributed by atoms with E-state index >= 15 is 0 Å². The Morgan fingerprint density at radius 3 is 2.65 bits per heavy atom. The van der Waals surface area contributed by atoms with Crippen LogP contribution in [0.25, 0.3) is 0 Å². The third-order valence-corrected chi connectivity index (χ3v) is 3.52. The molecule has 1 unspecified atom stereocenters. The van der Waals surface area contributed by atoms with Crippen LogP contribution >= 0.6 is 12.2 Å². The van der Waals surface area contributed by atoms with Crippen molar-refractivity contribution in [2.45, 2.75) is 25.9 Å². The second-order valence-corrected chi connectivity index (χ2v) is 5.52. The van der Waals surface area contributed by atoms with E-state index in [1.807, 2.05) is 0 Å². The van der Waals surface area contributed by atoms with Gasteiger partial charge in [0, 0.05) is 42.1 Å². The number of esters is 1. The van der Waals surface area contributed by atoms with Crippen LogP contribution in [0.4, 0.5) is 0 Å². The number of rotatable bonds is 4.